The van der Waals surface area contributed by atoms with Crippen molar-refractivity contribution in [3.8, 4) is 23.3 Å². The molecule has 1 unspecified atom stereocenters. The maximum absolute atomic E-state index is 9.61. The first-order valence-electron chi connectivity index (χ1n) is 7.66. The van der Waals surface area contributed by atoms with Crippen molar-refractivity contribution < 1.29 is 14.2 Å². The number of methoxy groups -OCH3 is 1. The molecule has 24 heavy (non-hydrogen) atoms. The van der Waals surface area contributed by atoms with Crippen LogP contribution in [0.4, 0.5) is 0 Å². The molecule has 3 rings (SSSR count). The van der Waals surface area contributed by atoms with Crippen LogP contribution in [0.3, 0.4) is 0 Å². The Balaban J connectivity index is 2.21. The van der Waals surface area contributed by atoms with Crippen LogP contribution in [-0.4, -0.2) is 13.7 Å². The number of hydrogen-bond donors (Lipinski definition) is 1. The van der Waals surface area contributed by atoms with Gasteiger partial charge in [-0.05, 0) is 19.1 Å². The highest BCUT2D eigenvalue weighted by Crippen LogP contribution is 2.45. The van der Waals surface area contributed by atoms with Crippen molar-refractivity contribution >= 4 is 0 Å². The van der Waals surface area contributed by atoms with Crippen LogP contribution in [-0.2, 0) is 0 Å². The predicted octanol–water partition coefficient (Wildman–Crippen LogP) is 3.31. The number of hydrogen-bond acceptors (Lipinski definition) is 5. The van der Waals surface area contributed by atoms with E-state index in [1.165, 1.54) is 0 Å². The van der Waals surface area contributed by atoms with Gasteiger partial charge in [-0.25, -0.2) is 0 Å². The fourth-order valence-corrected chi connectivity index (χ4v) is 2.89. The first-order valence-corrected chi connectivity index (χ1v) is 7.66. The lowest BCUT2D eigenvalue weighted by atomic mass is 9.83. The van der Waals surface area contributed by atoms with Gasteiger partial charge in [0, 0.05) is 17.2 Å². The summed E-state index contributed by atoms with van der Waals surface area (Å²) in [5, 5.41) is 9.61. The molecule has 2 N–H and O–H groups in total. The lowest BCUT2D eigenvalue weighted by Gasteiger charge is -2.27. The fraction of sp³-hybridized carbons (Fsp3) is 0.211. The Bertz CT molecular complexity index is 837. The van der Waals surface area contributed by atoms with E-state index in [9.17, 15) is 5.26 Å². The van der Waals surface area contributed by atoms with Crippen LogP contribution in [0.15, 0.2) is 53.9 Å². The molecule has 0 aliphatic carbocycles. The Morgan fingerprint density at radius 3 is 2.71 bits per heavy atom. The highest BCUT2D eigenvalue weighted by molar-refractivity contribution is 5.59. The zero-order valence-electron chi connectivity index (χ0n) is 13.6. The monoisotopic (exact) mass is 322 g/mol. The second kappa shape index (κ2) is 6.55. The number of nitrogens with two attached hydrogens (primary N) is 1. The summed E-state index contributed by atoms with van der Waals surface area (Å²) in [7, 11) is 1.59. The number of nitrogens with zero attached hydrogens (tertiary/aromatic N) is 1. The van der Waals surface area contributed by atoms with Crippen LogP contribution in [0.5, 0.6) is 17.2 Å². The van der Waals surface area contributed by atoms with Gasteiger partial charge in [0.1, 0.15) is 28.9 Å². The largest absolute Gasteiger partial charge is 0.497 e. The second-order valence-corrected chi connectivity index (χ2v) is 5.30. The van der Waals surface area contributed by atoms with Gasteiger partial charge >= 0.3 is 0 Å². The number of nitriles is 1. The van der Waals surface area contributed by atoms with E-state index < -0.39 is 0 Å². The minimum Gasteiger partial charge on any atom is -0.497 e. The van der Waals surface area contributed by atoms with Gasteiger partial charge in [0.25, 0.3) is 0 Å². The summed E-state index contributed by atoms with van der Waals surface area (Å²) in [5.74, 6) is 1.75. The van der Waals surface area contributed by atoms with Crippen molar-refractivity contribution in [3.63, 3.8) is 0 Å². The number of allylic oxidation sites excluding steroid dienone is 1. The molecular weight excluding hydrogens is 304 g/mol. The van der Waals surface area contributed by atoms with Gasteiger partial charge in [-0.3, -0.25) is 0 Å². The van der Waals surface area contributed by atoms with E-state index in [-0.39, 0.29) is 11.8 Å². The number of ether oxygens (including phenoxy) is 3. The summed E-state index contributed by atoms with van der Waals surface area (Å²) >= 11 is 0. The Kier molecular flexibility index (Phi) is 4.30. The van der Waals surface area contributed by atoms with Gasteiger partial charge in [0.2, 0.25) is 5.88 Å². The third kappa shape index (κ3) is 2.63. The summed E-state index contributed by atoms with van der Waals surface area (Å²) in [6.07, 6.45) is 0. The molecule has 2 aromatic rings. The lowest BCUT2D eigenvalue weighted by Crippen LogP contribution is -2.21. The third-order valence-corrected chi connectivity index (χ3v) is 3.96. The highest BCUT2D eigenvalue weighted by Gasteiger charge is 2.32. The summed E-state index contributed by atoms with van der Waals surface area (Å²) in [6.45, 7) is 2.46. The summed E-state index contributed by atoms with van der Waals surface area (Å²) in [5.41, 5.74) is 8.11. The molecule has 0 bridgehead atoms. The SMILES string of the molecule is CCOc1ccccc1C1C(C#N)=C(N)Oc2cc(OC)ccc21. The first-order chi connectivity index (χ1) is 11.7. The fourth-order valence-electron chi connectivity index (χ4n) is 2.89. The smallest absolute Gasteiger partial charge is 0.205 e. The van der Waals surface area contributed by atoms with Gasteiger partial charge < -0.3 is 19.9 Å². The quantitative estimate of drug-likeness (QED) is 0.934. The van der Waals surface area contributed by atoms with Gasteiger partial charge in [-0.1, -0.05) is 24.3 Å². The van der Waals surface area contributed by atoms with Crippen LogP contribution in [0.2, 0.25) is 0 Å². The normalized spacial score (nSPS) is 16.0. The van der Waals surface area contributed by atoms with Crippen molar-refractivity contribution in [2.45, 2.75) is 12.8 Å². The Morgan fingerprint density at radius 2 is 2.00 bits per heavy atom. The van der Waals surface area contributed by atoms with Crippen LogP contribution in [0, 0.1) is 11.3 Å². The van der Waals surface area contributed by atoms with Crippen LogP contribution in [0.1, 0.15) is 24.0 Å². The molecule has 0 fully saturated rings. The van der Waals surface area contributed by atoms with E-state index in [1.54, 1.807) is 13.2 Å². The molecule has 1 aliphatic heterocycles. The predicted molar refractivity (Wildman–Crippen MR) is 89.9 cm³/mol. The number of rotatable bonds is 4. The molecule has 0 saturated carbocycles. The number of fused-ring (bicyclic) bond motifs is 1. The zero-order chi connectivity index (χ0) is 17.1. The second-order valence-electron chi connectivity index (χ2n) is 5.30. The zero-order valence-corrected chi connectivity index (χ0v) is 13.6. The molecule has 122 valence electrons. The summed E-state index contributed by atoms with van der Waals surface area (Å²) in [4.78, 5) is 0. The van der Waals surface area contributed by atoms with Crippen LogP contribution < -0.4 is 19.9 Å². The summed E-state index contributed by atoms with van der Waals surface area (Å²) < 4.78 is 16.6. The average Bonchev–Trinajstić information content (AvgIpc) is 2.61. The molecule has 0 radical (unpaired) electrons. The molecule has 0 spiro atoms. The average molecular weight is 322 g/mol. The molecular formula is C19H18N2O3. The summed E-state index contributed by atoms with van der Waals surface area (Å²) in [6, 6.07) is 15.3. The van der Waals surface area contributed by atoms with Gasteiger partial charge in [-0.15, -0.1) is 0 Å². The molecule has 5 nitrogen and oxygen atoms in total. The Hall–Kier alpha value is -3.13. The van der Waals surface area contributed by atoms with E-state index in [2.05, 4.69) is 6.07 Å². The number of benzene rings is 2. The van der Waals surface area contributed by atoms with E-state index in [0.717, 1.165) is 16.9 Å². The molecule has 1 heterocycles. The molecule has 2 aromatic carbocycles. The highest BCUT2D eigenvalue weighted by atomic mass is 16.5. The van der Waals surface area contributed by atoms with Crippen molar-refractivity contribution in [1.29, 1.82) is 5.26 Å². The van der Waals surface area contributed by atoms with Gasteiger partial charge in [0.15, 0.2) is 0 Å². The van der Waals surface area contributed by atoms with E-state index in [0.29, 0.717) is 23.7 Å². The van der Waals surface area contributed by atoms with E-state index in [1.807, 2.05) is 43.3 Å². The maximum Gasteiger partial charge on any atom is 0.205 e. The molecule has 5 heteroatoms. The molecule has 0 saturated heterocycles. The maximum atomic E-state index is 9.61. The molecule has 0 amide bonds. The van der Waals surface area contributed by atoms with Crippen LogP contribution in [0.25, 0.3) is 0 Å². The topological polar surface area (TPSA) is 77.5 Å². The third-order valence-electron chi connectivity index (χ3n) is 3.96. The van der Waals surface area contributed by atoms with Gasteiger partial charge in [-0.2, -0.15) is 5.26 Å². The standard InChI is InChI=1S/C19H18N2O3/c1-3-23-16-7-5-4-6-13(16)18-14-9-8-12(22-2)10-17(14)24-19(21)15(18)11-20/h4-10,18H,3,21H2,1-2H3. The van der Waals surface area contributed by atoms with Crippen molar-refractivity contribution in [2.24, 2.45) is 5.73 Å². The molecule has 1 atom stereocenters. The number of para-hydroxylation sites is 1. The first kappa shape index (κ1) is 15.8. The Morgan fingerprint density at radius 1 is 1.21 bits per heavy atom. The molecule has 0 aromatic heterocycles. The van der Waals surface area contributed by atoms with E-state index >= 15 is 0 Å². The van der Waals surface area contributed by atoms with Gasteiger partial charge in [0.05, 0.1) is 19.6 Å². The van der Waals surface area contributed by atoms with Crippen molar-refractivity contribution in [1.82, 2.24) is 0 Å². The molecule has 1 aliphatic rings. The van der Waals surface area contributed by atoms with Crippen LogP contribution >= 0.6 is 0 Å². The Labute approximate surface area is 140 Å². The minimum atomic E-state index is -0.340. The van der Waals surface area contributed by atoms with Crippen molar-refractivity contribution in [3.05, 3.63) is 65.0 Å². The van der Waals surface area contributed by atoms with E-state index in [4.69, 9.17) is 19.9 Å². The lowest BCUT2D eigenvalue weighted by molar-refractivity contribution is 0.334. The van der Waals surface area contributed by atoms with Crippen molar-refractivity contribution in [2.75, 3.05) is 13.7 Å². The minimum absolute atomic E-state index is 0.106.